The van der Waals surface area contributed by atoms with Gasteiger partial charge in [0.05, 0.1) is 42.7 Å². The molecule has 4 rings (SSSR count). The molecule has 1 unspecified atom stereocenters. The number of benzene rings is 2. The van der Waals surface area contributed by atoms with Crippen molar-refractivity contribution < 1.29 is 28.5 Å². The number of rotatable bonds is 9. The number of unbranched alkanes of at least 4 members (excludes halogenated alkanes) is 1. The maximum absolute atomic E-state index is 13.8. The van der Waals surface area contributed by atoms with Gasteiger partial charge in [0.25, 0.3) is 5.56 Å². The molecule has 1 atom stereocenters. The summed E-state index contributed by atoms with van der Waals surface area (Å²) in [4.78, 5) is 43.2. The zero-order chi connectivity index (χ0) is 28.1. The number of ether oxygens (including phenoxy) is 4. The predicted octanol–water partition coefficient (Wildman–Crippen LogP) is 3.52. The fourth-order valence-electron chi connectivity index (χ4n) is 4.25. The van der Waals surface area contributed by atoms with E-state index in [-0.39, 0.29) is 22.6 Å². The van der Waals surface area contributed by atoms with E-state index in [0.717, 1.165) is 24.2 Å². The molecule has 0 aliphatic carbocycles. The van der Waals surface area contributed by atoms with Crippen LogP contribution in [-0.4, -0.2) is 37.3 Å². The van der Waals surface area contributed by atoms with Crippen molar-refractivity contribution in [3.8, 4) is 17.2 Å². The molecule has 0 spiro atoms. The summed E-state index contributed by atoms with van der Waals surface area (Å²) in [5, 5.41) is 0. The molecule has 2 aromatic carbocycles. The van der Waals surface area contributed by atoms with Crippen molar-refractivity contribution in [2.45, 2.75) is 39.7 Å². The van der Waals surface area contributed by atoms with Crippen LogP contribution < -0.4 is 29.1 Å². The minimum absolute atomic E-state index is 0.226. The van der Waals surface area contributed by atoms with Gasteiger partial charge in [0.1, 0.15) is 5.75 Å². The maximum atomic E-state index is 13.8. The van der Waals surface area contributed by atoms with Gasteiger partial charge in [-0.2, -0.15) is 0 Å². The van der Waals surface area contributed by atoms with Crippen LogP contribution in [0, 0.1) is 0 Å². The van der Waals surface area contributed by atoms with Gasteiger partial charge in [-0.1, -0.05) is 42.9 Å². The van der Waals surface area contributed by atoms with Crippen molar-refractivity contribution >= 4 is 29.4 Å². The fourth-order valence-corrected chi connectivity index (χ4v) is 5.29. The van der Waals surface area contributed by atoms with E-state index in [4.69, 9.17) is 18.9 Å². The van der Waals surface area contributed by atoms with E-state index < -0.39 is 18.0 Å². The Morgan fingerprint density at radius 1 is 1.10 bits per heavy atom. The Bertz CT molecular complexity index is 1600. The maximum Gasteiger partial charge on any atom is 0.338 e. The number of nitrogens with zero attached hydrogens (tertiary/aromatic N) is 2. The molecule has 10 heteroatoms. The predicted molar refractivity (Wildman–Crippen MR) is 147 cm³/mol. The standard InChI is InChI=1S/C29H30N2O7S/c1-6-7-14-37-21-11-8-19(9-12-21)15-24-27(33)31-26(25(28(34)36-5)17(2)30-29(31)39-24)20-10-13-22(38-18(3)32)23(16-20)35-4/h8-13,15-16,26H,6-7,14H2,1-5H3/b24-15+. The highest BCUT2D eigenvalue weighted by Crippen LogP contribution is 2.36. The van der Waals surface area contributed by atoms with E-state index in [1.54, 1.807) is 31.2 Å². The fraction of sp³-hybridized carbons (Fsp3) is 0.310. The van der Waals surface area contributed by atoms with Crippen molar-refractivity contribution in [1.29, 1.82) is 0 Å². The molecule has 0 N–H and O–H groups in total. The Morgan fingerprint density at radius 3 is 2.49 bits per heavy atom. The number of methoxy groups -OCH3 is 2. The molecule has 39 heavy (non-hydrogen) atoms. The number of allylic oxidation sites excluding steroid dienone is 1. The molecule has 204 valence electrons. The van der Waals surface area contributed by atoms with Gasteiger partial charge in [0.2, 0.25) is 0 Å². The first kappa shape index (κ1) is 27.8. The Balaban J connectivity index is 1.82. The Kier molecular flexibility index (Phi) is 8.65. The Hall–Kier alpha value is -4.18. The lowest BCUT2D eigenvalue weighted by molar-refractivity contribution is -0.136. The SMILES string of the molecule is CCCCOc1ccc(/C=c2/sc3n(c2=O)C(c2ccc(OC(C)=O)c(OC)c2)C(C(=O)OC)=C(C)N=3)cc1. The molecule has 9 nitrogen and oxygen atoms in total. The van der Waals surface area contributed by atoms with Crippen LogP contribution in [0.5, 0.6) is 17.2 Å². The van der Waals surface area contributed by atoms with Gasteiger partial charge in [-0.15, -0.1) is 0 Å². The molecule has 1 aromatic heterocycles. The lowest BCUT2D eigenvalue weighted by Crippen LogP contribution is -2.39. The van der Waals surface area contributed by atoms with E-state index in [9.17, 15) is 14.4 Å². The average molecular weight is 551 g/mol. The zero-order valence-electron chi connectivity index (χ0n) is 22.5. The molecule has 0 fully saturated rings. The van der Waals surface area contributed by atoms with Crippen molar-refractivity contribution in [2.24, 2.45) is 4.99 Å². The second-order valence-electron chi connectivity index (χ2n) is 8.85. The second-order valence-corrected chi connectivity index (χ2v) is 9.86. The van der Waals surface area contributed by atoms with Gasteiger partial charge < -0.3 is 18.9 Å². The molecule has 0 bridgehead atoms. The summed E-state index contributed by atoms with van der Waals surface area (Å²) >= 11 is 1.23. The van der Waals surface area contributed by atoms with E-state index in [1.165, 1.54) is 37.0 Å². The van der Waals surface area contributed by atoms with Gasteiger partial charge in [-0.3, -0.25) is 14.2 Å². The van der Waals surface area contributed by atoms with Crippen LogP contribution in [0.2, 0.25) is 0 Å². The third-order valence-electron chi connectivity index (χ3n) is 6.13. The molecule has 0 saturated carbocycles. The van der Waals surface area contributed by atoms with Crippen LogP contribution >= 0.6 is 11.3 Å². The van der Waals surface area contributed by atoms with Gasteiger partial charge in [-0.25, -0.2) is 9.79 Å². The minimum atomic E-state index is -0.828. The summed E-state index contributed by atoms with van der Waals surface area (Å²) in [6, 6.07) is 11.6. The van der Waals surface area contributed by atoms with Crippen molar-refractivity contribution in [3.05, 3.63) is 84.5 Å². The molecule has 0 saturated heterocycles. The van der Waals surface area contributed by atoms with Gasteiger partial charge in [0.15, 0.2) is 16.3 Å². The molecule has 0 radical (unpaired) electrons. The number of aromatic nitrogens is 1. The van der Waals surface area contributed by atoms with Gasteiger partial charge in [-0.05, 0) is 54.8 Å². The van der Waals surface area contributed by atoms with Crippen LogP contribution in [0.15, 0.2) is 63.5 Å². The van der Waals surface area contributed by atoms with Crippen molar-refractivity contribution in [1.82, 2.24) is 4.57 Å². The largest absolute Gasteiger partial charge is 0.494 e. The highest BCUT2D eigenvalue weighted by Gasteiger charge is 2.33. The van der Waals surface area contributed by atoms with E-state index in [2.05, 4.69) is 11.9 Å². The summed E-state index contributed by atoms with van der Waals surface area (Å²) in [7, 11) is 2.73. The Morgan fingerprint density at radius 2 is 1.85 bits per heavy atom. The van der Waals surface area contributed by atoms with E-state index in [0.29, 0.717) is 27.2 Å². The number of thiazole rings is 1. The number of fused-ring (bicyclic) bond motifs is 1. The van der Waals surface area contributed by atoms with Gasteiger partial charge >= 0.3 is 11.9 Å². The van der Waals surface area contributed by atoms with E-state index >= 15 is 0 Å². The normalized spacial score (nSPS) is 14.9. The molecule has 2 heterocycles. The number of hydrogen-bond acceptors (Lipinski definition) is 9. The monoisotopic (exact) mass is 550 g/mol. The lowest BCUT2D eigenvalue weighted by atomic mass is 9.95. The first-order chi connectivity index (χ1) is 18.8. The minimum Gasteiger partial charge on any atom is -0.494 e. The molecule has 3 aromatic rings. The smallest absolute Gasteiger partial charge is 0.338 e. The summed E-state index contributed by atoms with van der Waals surface area (Å²) in [6.45, 7) is 5.76. The van der Waals surface area contributed by atoms with Crippen LogP contribution in [0.1, 0.15) is 50.8 Å². The molecule has 1 aliphatic rings. The van der Waals surface area contributed by atoms with Crippen LogP contribution in [0.4, 0.5) is 0 Å². The number of carbonyl (C=O) groups excluding carboxylic acids is 2. The van der Waals surface area contributed by atoms with Gasteiger partial charge in [0, 0.05) is 6.92 Å². The topological polar surface area (TPSA) is 105 Å². The Labute approximate surface area is 229 Å². The molecular formula is C29H30N2O7S. The van der Waals surface area contributed by atoms with Crippen molar-refractivity contribution in [2.75, 3.05) is 20.8 Å². The summed E-state index contributed by atoms with van der Waals surface area (Å²) < 4.78 is 23.4. The van der Waals surface area contributed by atoms with Crippen LogP contribution in [0.25, 0.3) is 6.08 Å². The quantitative estimate of drug-likeness (QED) is 0.228. The summed E-state index contributed by atoms with van der Waals surface area (Å²) in [5.74, 6) is 0.179. The highest BCUT2D eigenvalue weighted by molar-refractivity contribution is 7.07. The first-order valence-electron chi connectivity index (χ1n) is 12.5. The summed E-state index contributed by atoms with van der Waals surface area (Å²) in [6.07, 6.45) is 3.83. The third-order valence-corrected chi connectivity index (χ3v) is 7.11. The van der Waals surface area contributed by atoms with Crippen molar-refractivity contribution in [3.63, 3.8) is 0 Å². The lowest BCUT2D eigenvalue weighted by Gasteiger charge is -2.25. The number of carbonyl (C=O) groups is 2. The molecular weight excluding hydrogens is 520 g/mol. The number of hydrogen-bond donors (Lipinski definition) is 0. The second kappa shape index (κ2) is 12.1. The molecule has 1 aliphatic heterocycles. The zero-order valence-corrected chi connectivity index (χ0v) is 23.3. The first-order valence-corrected chi connectivity index (χ1v) is 13.3. The number of esters is 2. The van der Waals surface area contributed by atoms with Crippen LogP contribution in [0.3, 0.4) is 0 Å². The summed E-state index contributed by atoms with van der Waals surface area (Å²) in [5.41, 5.74) is 1.77. The third kappa shape index (κ3) is 5.96. The highest BCUT2D eigenvalue weighted by atomic mass is 32.1. The average Bonchev–Trinajstić information content (AvgIpc) is 3.22. The molecule has 0 amide bonds. The van der Waals surface area contributed by atoms with E-state index in [1.807, 2.05) is 24.3 Å². The van der Waals surface area contributed by atoms with Crippen LogP contribution in [-0.2, 0) is 14.3 Å².